The van der Waals surface area contributed by atoms with Gasteiger partial charge >= 0.3 is 0 Å². The molecule has 0 amide bonds. The molecule has 0 fully saturated rings. The molecule has 0 radical (unpaired) electrons. The van der Waals surface area contributed by atoms with Gasteiger partial charge in [-0.2, -0.15) is 0 Å². The van der Waals surface area contributed by atoms with Crippen molar-refractivity contribution in [2.24, 2.45) is 0 Å². The van der Waals surface area contributed by atoms with Gasteiger partial charge in [-0.3, -0.25) is 0 Å². The van der Waals surface area contributed by atoms with Crippen LogP contribution in [0, 0.1) is 0 Å². The van der Waals surface area contributed by atoms with E-state index in [9.17, 15) is 0 Å². The molecule has 0 N–H and O–H groups in total. The molecule has 0 rings (SSSR count). The molecule has 0 aliphatic rings. The van der Waals surface area contributed by atoms with E-state index < -0.39 is 0 Å². The highest BCUT2D eigenvalue weighted by atomic mass is 31.0. The summed E-state index contributed by atoms with van der Waals surface area (Å²) < 4.78 is 0. The summed E-state index contributed by atoms with van der Waals surface area (Å²) in [6, 6.07) is 0. The fourth-order valence-corrected chi connectivity index (χ4v) is 1.08. The Hall–Kier alpha value is 0.170. The predicted molar refractivity (Wildman–Crippen MR) is 47.9 cm³/mol. The molecule has 0 saturated heterocycles. The van der Waals surface area contributed by atoms with Gasteiger partial charge in [-0.05, 0) is 25.4 Å². The van der Waals surface area contributed by atoms with Gasteiger partial charge in [0.25, 0.3) is 0 Å². The Labute approximate surface area is 60.9 Å². The van der Waals surface area contributed by atoms with Crippen LogP contribution in [-0.4, -0.2) is 6.16 Å². The topological polar surface area (TPSA) is 0 Å². The van der Waals surface area contributed by atoms with Crippen LogP contribution in [0.2, 0.25) is 0 Å². The number of allylic oxidation sites excluding steroid dienone is 1. The van der Waals surface area contributed by atoms with Crippen LogP contribution in [0.25, 0.3) is 0 Å². The van der Waals surface area contributed by atoms with E-state index in [0.717, 1.165) is 0 Å². The largest absolute Gasteiger partial charge is 0.138 e. The molecule has 0 nitrogen and oxygen atoms in total. The molecule has 1 unspecified atom stereocenters. The van der Waals surface area contributed by atoms with E-state index in [2.05, 4.69) is 15.8 Å². The van der Waals surface area contributed by atoms with Gasteiger partial charge in [-0.15, -0.1) is 15.8 Å². The first-order chi connectivity index (χ1) is 4.41. The maximum Gasteiger partial charge on any atom is -0.0353 e. The van der Waals surface area contributed by atoms with E-state index in [0.29, 0.717) is 0 Å². The van der Waals surface area contributed by atoms with Crippen LogP contribution >= 0.6 is 9.24 Å². The minimum atomic E-state index is 1.19. The van der Waals surface area contributed by atoms with Gasteiger partial charge in [0.1, 0.15) is 0 Å². The summed E-state index contributed by atoms with van der Waals surface area (Å²) in [4.78, 5) is 0. The van der Waals surface area contributed by atoms with Gasteiger partial charge in [0, 0.05) is 0 Å². The second-order valence-corrected chi connectivity index (χ2v) is 2.86. The number of rotatable bonds is 6. The van der Waals surface area contributed by atoms with Crippen LogP contribution in [-0.2, 0) is 0 Å². The molecule has 9 heavy (non-hydrogen) atoms. The summed E-state index contributed by atoms with van der Waals surface area (Å²) in [5.41, 5.74) is 0. The number of hydrogen-bond donors (Lipinski definition) is 0. The number of unbranched alkanes of at least 4 members (excludes halogenated alkanes) is 4. The molecule has 1 heteroatoms. The van der Waals surface area contributed by atoms with Crippen molar-refractivity contribution < 1.29 is 0 Å². The summed E-state index contributed by atoms with van der Waals surface area (Å²) in [5, 5.41) is 0. The molecule has 0 aromatic rings. The quantitative estimate of drug-likeness (QED) is 0.305. The Balaban J connectivity index is 2.66. The fourth-order valence-electron chi connectivity index (χ4n) is 0.787. The van der Waals surface area contributed by atoms with E-state index in [1.54, 1.807) is 0 Å². The van der Waals surface area contributed by atoms with Crippen molar-refractivity contribution in [2.45, 2.75) is 32.1 Å². The van der Waals surface area contributed by atoms with Crippen molar-refractivity contribution in [1.82, 2.24) is 0 Å². The van der Waals surface area contributed by atoms with Gasteiger partial charge in [-0.25, -0.2) is 0 Å². The Morgan fingerprint density at radius 2 is 1.78 bits per heavy atom. The van der Waals surface area contributed by atoms with E-state index >= 15 is 0 Å². The Bertz CT molecular complexity index is 59.6. The highest BCUT2D eigenvalue weighted by Crippen LogP contribution is 2.04. The minimum Gasteiger partial charge on any atom is -0.138 e. The average molecular weight is 144 g/mol. The molecular formula is C8H17P. The third-order valence-electron chi connectivity index (χ3n) is 1.36. The first-order valence-corrected chi connectivity index (χ1v) is 4.54. The van der Waals surface area contributed by atoms with Crippen molar-refractivity contribution in [3.05, 3.63) is 12.7 Å². The van der Waals surface area contributed by atoms with Gasteiger partial charge in [-0.1, -0.05) is 18.9 Å². The van der Waals surface area contributed by atoms with E-state index in [1.165, 1.54) is 38.3 Å². The van der Waals surface area contributed by atoms with Crippen LogP contribution in [0.3, 0.4) is 0 Å². The molecule has 0 aliphatic carbocycles. The average Bonchev–Trinajstić information content (AvgIpc) is 1.89. The first kappa shape index (κ1) is 9.17. The Morgan fingerprint density at radius 1 is 1.11 bits per heavy atom. The summed E-state index contributed by atoms with van der Waals surface area (Å²) in [5.74, 6) is 0. The summed E-state index contributed by atoms with van der Waals surface area (Å²) in [7, 11) is 2.76. The third-order valence-corrected chi connectivity index (χ3v) is 1.77. The van der Waals surface area contributed by atoms with Crippen LogP contribution < -0.4 is 0 Å². The third kappa shape index (κ3) is 8.17. The second-order valence-electron chi connectivity index (χ2n) is 2.28. The zero-order valence-corrected chi connectivity index (χ0v) is 7.26. The van der Waals surface area contributed by atoms with Crippen molar-refractivity contribution in [1.29, 1.82) is 0 Å². The van der Waals surface area contributed by atoms with Gasteiger partial charge in [0.2, 0.25) is 0 Å². The standard InChI is InChI=1S/C8H17P/c1-2-3-4-5-6-7-8-9/h2H,1,3-9H2. The van der Waals surface area contributed by atoms with Gasteiger partial charge in [0.15, 0.2) is 0 Å². The SMILES string of the molecule is C=CCCCCCCP. The van der Waals surface area contributed by atoms with E-state index in [-0.39, 0.29) is 0 Å². The Kier molecular flexibility index (Phi) is 8.32. The zero-order valence-electron chi connectivity index (χ0n) is 6.10. The lowest BCUT2D eigenvalue weighted by atomic mass is 10.2. The summed E-state index contributed by atoms with van der Waals surface area (Å²) in [6.45, 7) is 3.67. The van der Waals surface area contributed by atoms with Crippen molar-refractivity contribution in [3.8, 4) is 0 Å². The predicted octanol–water partition coefficient (Wildman–Crippen LogP) is 3.00. The van der Waals surface area contributed by atoms with Gasteiger partial charge in [0.05, 0.1) is 0 Å². The van der Waals surface area contributed by atoms with Crippen molar-refractivity contribution in [2.75, 3.05) is 6.16 Å². The normalized spacial score (nSPS) is 9.44. The second kappa shape index (κ2) is 8.17. The molecule has 1 atom stereocenters. The molecule has 0 saturated carbocycles. The van der Waals surface area contributed by atoms with Crippen LogP contribution in [0.15, 0.2) is 12.7 Å². The zero-order chi connectivity index (χ0) is 6.95. The maximum atomic E-state index is 3.67. The Morgan fingerprint density at radius 3 is 2.33 bits per heavy atom. The molecule has 0 aliphatic heterocycles. The van der Waals surface area contributed by atoms with Crippen LogP contribution in [0.5, 0.6) is 0 Å². The number of hydrogen-bond acceptors (Lipinski definition) is 0. The lowest BCUT2D eigenvalue weighted by Gasteiger charge is -1.94. The minimum absolute atomic E-state index is 1.19. The molecule has 0 aromatic carbocycles. The molecule has 0 spiro atoms. The van der Waals surface area contributed by atoms with Crippen LogP contribution in [0.1, 0.15) is 32.1 Å². The monoisotopic (exact) mass is 144 g/mol. The highest BCUT2D eigenvalue weighted by Gasteiger charge is 1.84. The van der Waals surface area contributed by atoms with Crippen molar-refractivity contribution in [3.63, 3.8) is 0 Å². The lowest BCUT2D eigenvalue weighted by molar-refractivity contribution is 0.678. The smallest absolute Gasteiger partial charge is 0.0353 e. The summed E-state index contributed by atoms with van der Waals surface area (Å²) in [6.07, 6.45) is 9.90. The van der Waals surface area contributed by atoms with Crippen LogP contribution in [0.4, 0.5) is 0 Å². The molecular weight excluding hydrogens is 127 g/mol. The molecule has 54 valence electrons. The van der Waals surface area contributed by atoms with E-state index in [1.807, 2.05) is 6.08 Å². The molecule has 0 aromatic heterocycles. The van der Waals surface area contributed by atoms with Gasteiger partial charge < -0.3 is 0 Å². The maximum absolute atomic E-state index is 3.67. The summed E-state index contributed by atoms with van der Waals surface area (Å²) >= 11 is 0. The first-order valence-electron chi connectivity index (χ1n) is 3.72. The van der Waals surface area contributed by atoms with E-state index in [4.69, 9.17) is 0 Å². The molecule has 0 bridgehead atoms. The lowest BCUT2D eigenvalue weighted by Crippen LogP contribution is -1.76. The van der Waals surface area contributed by atoms with Crippen molar-refractivity contribution >= 4 is 9.24 Å². The molecule has 0 heterocycles. The fraction of sp³-hybridized carbons (Fsp3) is 0.750. The highest BCUT2D eigenvalue weighted by molar-refractivity contribution is 7.16.